The van der Waals surface area contributed by atoms with E-state index in [1.807, 2.05) is 30.3 Å². The van der Waals surface area contributed by atoms with Crippen molar-refractivity contribution in [2.75, 3.05) is 18.8 Å². The van der Waals surface area contributed by atoms with Crippen molar-refractivity contribution in [2.24, 2.45) is 5.92 Å². The molecule has 2 fully saturated rings. The molecule has 2 aliphatic rings. The number of likely N-dealkylation sites (tertiary alicyclic amines) is 1. The molecule has 2 heterocycles. The van der Waals surface area contributed by atoms with Gasteiger partial charge < -0.3 is 0 Å². The molecule has 2 aliphatic heterocycles. The van der Waals surface area contributed by atoms with Gasteiger partial charge >= 0.3 is 6.18 Å². The van der Waals surface area contributed by atoms with E-state index in [2.05, 4.69) is 0 Å². The normalized spacial score (nSPS) is 32.2. The lowest BCUT2D eigenvalue weighted by atomic mass is 9.93. The van der Waals surface area contributed by atoms with E-state index in [1.165, 1.54) is 0 Å². The lowest BCUT2D eigenvalue weighted by molar-refractivity contribution is -0.165. The quantitative estimate of drug-likeness (QED) is 0.839. The van der Waals surface area contributed by atoms with Gasteiger partial charge in [-0.1, -0.05) is 30.3 Å². The SMILES string of the molecule is O=S1(=O)CC[C@H]2CN(Cc3ccccc3)C[C@]21C(F)(F)F. The van der Waals surface area contributed by atoms with Gasteiger partial charge in [0.2, 0.25) is 0 Å². The Morgan fingerprint density at radius 1 is 1.24 bits per heavy atom. The van der Waals surface area contributed by atoms with Gasteiger partial charge in [-0.15, -0.1) is 0 Å². The Kier molecular flexibility index (Phi) is 3.33. The van der Waals surface area contributed by atoms with Crippen molar-refractivity contribution in [3.8, 4) is 0 Å². The summed E-state index contributed by atoms with van der Waals surface area (Å²) in [6.07, 6.45) is -4.61. The fraction of sp³-hybridized carbons (Fsp3) is 0.571. The van der Waals surface area contributed by atoms with E-state index >= 15 is 0 Å². The Labute approximate surface area is 121 Å². The monoisotopic (exact) mass is 319 g/mol. The molecule has 0 aliphatic carbocycles. The predicted octanol–water partition coefficient (Wildman–Crippen LogP) is 2.24. The minimum Gasteiger partial charge on any atom is -0.297 e. The third-order valence-electron chi connectivity index (χ3n) is 4.62. The molecule has 2 saturated heterocycles. The van der Waals surface area contributed by atoms with E-state index in [0.717, 1.165) is 5.56 Å². The molecule has 0 saturated carbocycles. The van der Waals surface area contributed by atoms with Crippen LogP contribution in [-0.2, 0) is 16.4 Å². The van der Waals surface area contributed by atoms with Crippen LogP contribution in [0.25, 0.3) is 0 Å². The Balaban J connectivity index is 1.90. The van der Waals surface area contributed by atoms with Crippen LogP contribution in [0.15, 0.2) is 30.3 Å². The van der Waals surface area contributed by atoms with Crippen molar-refractivity contribution in [3.63, 3.8) is 0 Å². The summed E-state index contributed by atoms with van der Waals surface area (Å²) >= 11 is 0. The highest BCUT2D eigenvalue weighted by Crippen LogP contribution is 2.53. The lowest BCUT2D eigenvalue weighted by Gasteiger charge is -2.30. The van der Waals surface area contributed by atoms with Crippen LogP contribution in [0.4, 0.5) is 13.2 Å². The minimum absolute atomic E-state index is 0.104. The van der Waals surface area contributed by atoms with E-state index in [0.29, 0.717) is 6.54 Å². The largest absolute Gasteiger partial charge is 0.409 e. The molecule has 3 nitrogen and oxygen atoms in total. The summed E-state index contributed by atoms with van der Waals surface area (Å²) in [5.74, 6) is -1.19. The first-order chi connectivity index (χ1) is 9.76. The summed E-state index contributed by atoms with van der Waals surface area (Å²) in [7, 11) is -4.14. The molecule has 21 heavy (non-hydrogen) atoms. The average Bonchev–Trinajstić information content (AvgIpc) is 2.88. The van der Waals surface area contributed by atoms with Gasteiger partial charge in [-0.05, 0) is 12.0 Å². The van der Waals surface area contributed by atoms with Crippen LogP contribution in [0.1, 0.15) is 12.0 Å². The summed E-state index contributed by atoms with van der Waals surface area (Å²) < 4.78 is 62.1. The van der Waals surface area contributed by atoms with Gasteiger partial charge in [0.05, 0.1) is 5.75 Å². The summed E-state index contributed by atoms with van der Waals surface area (Å²) in [6, 6.07) is 9.15. The first-order valence-electron chi connectivity index (χ1n) is 6.81. The topological polar surface area (TPSA) is 37.4 Å². The Hall–Kier alpha value is -1.08. The van der Waals surface area contributed by atoms with Crippen molar-refractivity contribution in [3.05, 3.63) is 35.9 Å². The fourth-order valence-electron chi connectivity index (χ4n) is 3.60. The highest BCUT2D eigenvalue weighted by Gasteiger charge is 2.73. The number of sulfone groups is 1. The van der Waals surface area contributed by atoms with Crippen LogP contribution >= 0.6 is 0 Å². The number of hydrogen-bond acceptors (Lipinski definition) is 3. The van der Waals surface area contributed by atoms with Gasteiger partial charge in [-0.3, -0.25) is 4.90 Å². The molecule has 0 aromatic heterocycles. The van der Waals surface area contributed by atoms with Crippen molar-refractivity contribution in [1.82, 2.24) is 4.90 Å². The van der Waals surface area contributed by atoms with Crippen molar-refractivity contribution >= 4 is 9.84 Å². The molecule has 1 aromatic rings. The highest BCUT2D eigenvalue weighted by atomic mass is 32.2. The average molecular weight is 319 g/mol. The molecule has 0 radical (unpaired) electrons. The summed E-state index contributed by atoms with van der Waals surface area (Å²) in [5, 5.41) is 0. The van der Waals surface area contributed by atoms with E-state index in [9.17, 15) is 21.6 Å². The second-order valence-electron chi connectivity index (χ2n) is 5.85. The zero-order chi connectivity index (χ0) is 15.3. The molecule has 0 amide bonds. The van der Waals surface area contributed by atoms with Crippen LogP contribution in [0, 0.1) is 5.92 Å². The standard InChI is InChI=1S/C14H16F3NO2S/c15-14(16,17)13-10-18(8-11-4-2-1-3-5-11)9-12(13)6-7-21(13,19)20/h1-5,12H,6-10H2/t12-,13+/m0/s1. The molecular formula is C14H16F3NO2S. The minimum atomic E-state index is -4.71. The second-order valence-corrected chi connectivity index (χ2v) is 8.21. The smallest absolute Gasteiger partial charge is 0.297 e. The van der Waals surface area contributed by atoms with Gasteiger partial charge in [-0.25, -0.2) is 8.42 Å². The van der Waals surface area contributed by atoms with Crippen LogP contribution < -0.4 is 0 Å². The maximum Gasteiger partial charge on any atom is 0.409 e. The number of nitrogens with zero attached hydrogens (tertiary/aromatic N) is 1. The maximum absolute atomic E-state index is 13.5. The van der Waals surface area contributed by atoms with Gasteiger partial charge in [0.25, 0.3) is 0 Å². The van der Waals surface area contributed by atoms with Crippen LogP contribution in [0.5, 0.6) is 0 Å². The summed E-state index contributed by atoms with van der Waals surface area (Å²) in [4.78, 5) is 1.62. The molecule has 3 rings (SSSR count). The van der Waals surface area contributed by atoms with E-state index in [-0.39, 0.29) is 18.7 Å². The molecule has 0 bridgehead atoms. The zero-order valence-electron chi connectivity index (χ0n) is 11.3. The number of alkyl halides is 3. The Bertz CT molecular complexity index is 629. The number of halogens is 3. The van der Waals surface area contributed by atoms with Gasteiger partial charge in [-0.2, -0.15) is 13.2 Å². The van der Waals surface area contributed by atoms with Gasteiger partial charge in [0, 0.05) is 25.6 Å². The Morgan fingerprint density at radius 2 is 1.90 bits per heavy atom. The Morgan fingerprint density at radius 3 is 2.48 bits per heavy atom. The van der Waals surface area contributed by atoms with E-state index < -0.39 is 33.2 Å². The molecule has 7 heteroatoms. The van der Waals surface area contributed by atoms with Crippen molar-refractivity contribution in [1.29, 1.82) is 0 Å². The highest BCUT2D eigenvalue weighted by molar-refractivity contribution is 7.93. The van der Waals surface area contributed by atoms with E-state index in [4.69, 9.17) is 0 Å². The van der Waals surface area contributed by atoms with Crippen LogP contribution in [-0.4, -0.2) is 43.1 Å². The molecule has 0 spiro atoms. The van der Waals surface area contributed by atoms with Gasteiger partial charge in [0.1, 0.15) is 0 Å². The van der Waals surface area contributed by atoms with Crippen molar-refractivity contribution < 1.29 is 21.6 Å². The van der Waals surface area contributed by atoms with Gasteiger partial charge in [0.15, 0.2) is 14.6 Å². The first-order valence-corrected chi connectivity index (χ1v) is 8.47. The summed E-state index contributed by atoms with van der Waals surface area (Å²) in [6.45, 7) is 0.0940. The molecule has 1 aromatic carbocycles. The molecule has 116 valence electrons. The van der Waals surface area contributed by atoms with Crippen LogP contribution in [0.2, 0.25) is 0 Å². The number of hydrogen-bond donors (Lipinski definition) is 0. The zero-order valence-corrected chi connectivity index (χ0v) is 12.1. The molecule has 0 N–H and O–H groups in total. The molecule has 2 atom stereocenters. The predicted molar refractivity (Wildman–Crippen MR) is 72.4 cm³/mol. The number of fused-ring (bicyclic) bond motifs is 1. The fourth-order valence-corrected chi connectivity index (χ4v) is 5.99. The maximum atomic E-state index is 13.5. The number of rotatable bonds is 2. The second kappa shape index (κ2) is 4.71. The van der Waals surface area contributed by atoms with Crippen molar-refractivity contribution in [2.45, 2.75) is 23.9 Å². The lowest BCUT2D eigenvalue weighted by Crippen LogP contribution is -2.54. The number of benzene rings is 1. The van der Waals surface area contributed by atoms with E-state index in [1.54, 1.807) is 4.90 Å². The third-order valence-corrected chi connectivity index (χ3v) is 7.19. The summed E-state index contributed by atoms with van der Waals surface area (Å²) in [5.41, 5.74) is 0.896. The first kappa shape index (κ1) is 14.8. The third kappa shape index (κ3) is 2.17. The van der Waals surface area contributed by atoms with Crippen LogP contribution in [0.3, 0.4) is 0 Å². The molecular weight excluding hydrogens is 303 g/mol. The molecule has 0 unspecified atom stereocenters.